The Labute approximate surface area is 171 Å². The Hall–Kier alpha value is -3.82. The van der Waals surface area contributed by atoms with Gasteiger partial charge < -0.3 is 14.4 Å². The van der Waals surface area contributed by atoms with Crippen LogP contribution in [0.4, 0.5) is 5.82 Å². The number of hydrogen-bond donors (Lipinski definition) is 1. The zero-order chi connectivity index (χ0) is 20.9. The van der Waals surface area contributed by atoms with Crippen molar-refractivity contribution in [1.29, 1.82) is 0 Å². The van der Waals surface area contributed by atoms with Crippen LogP contribution >= 0.6 is 0 Å². The number of pyridine rings is 1. The summed E-state index contributed by atoms with van der Waals surface area (Å²) in [6.45, 7) is 2.69. The number of carbonyl (C=O) groups excluding carboxylic acids is 1. The molecule has 0 unspecified atom stereocenters. The van der Waals surface area contributed by atoms with E-state index in [0.717, 1.165) is 11.5 Å². The molecule has 1 aliphatic heterocycles. The summed E-state index contributed by atoms with van der Waals surface area (Å²) in [7, 11) is 0. The average Bonchev–Trinajstić information content (AvgIpc) is 2.79. The van der Waals surface area contributed by atoms with E-state index in [9.17, 15) is 14.4 Å². The van der Waals surface area contributed by atoms with Gasteiger partial charge in [0.15, 0.2) is 5.82 Å². The Bertz CT molecular complexity index is 1120. The number of anilines is 1. The summed E-state index contributed by atoms with van der Waals surface area (Å²) < 4.78 is 1.33. The maximum atomic E-state index is 12.5. The number of nitrogens with zero attached hydrogens (tertiary/aromatic N) is 6. The highest BCUT2D eigenvalue weighted by molar-refractivity contribution is 5.76. The van der Waals surface area contributed by atoms with Crippen LogP contribution in [0.5, 0.6) is 0 Å². The van der Waals surface area contributed by atoms with Gasteiger partial charge in [-0.3, -0.25) is 19.6 Å². The molecule has 10 nitrogen and oxygen atoms in total. The third-order valence-corrected chi connectivity index (χ3v) is 5.00. The summed E-state index contributed by atoms with van der Waals surface area (Å²) in [5.41, 5.74) is 0.530. The van der Waals surface area contributed by atoms with Gasteiger partial charge in [0, 0.05) is 57.6 Å². The summed E-state index contributed by atoms with van der Waals surface area (Å²) in [5.74, 6) is 0.742. The summed E-state index contributed by atoms with van der Waals surface area (Å²) in [4.78, 5) is 45.6. The minimum atomic E-state index is -0.507. The van der Waals surface area contributed by atoms with Gasteiger partial charge in [0.05, 0.1) is 5.69 Å². The van der Waals surface area contributed by atoms with E-state index in [1.54, 1.807) is 11.1 Å². The fourth-order valence-electron chi connectivity index (χ4n) is 3.32. The summed E-state index contributed by atoms with van der Waals surface area (Å²) in [6, 6.07) is 10.7. The van der Waals surface area contributed by atoms with Crippen molar-refractivity contribution in [2.75, 3.05) is 31.1 Å². The summed E-state index contributed by atoms with van der Waals surface area (Å²) in [6.07, 6.45) is 3.32. The number of piperazine rings is 1. The van der Waals surface area contributed by atoms with Gasteiger partial charge in [-0.25, -0.2) is 4.79 Å². The molecule has 3 aromatic rings. The lowest BCUT2D eigenvalue weighted by molar-refractivity contribution is -0.131. The predicted octanol–water partition coefficient (Wildman–Crippen LogP) is 0.128. The van der Waals surface area contributed by atoms with Crippen molar-refractivity contribution >= 4 is 11.7 Å². The number of aromatic nitrogens is 5. The van der Waals surface area contributed by atoms with Crippen molar-refractivity contribution in [2.45, 2.75) is 13.0 Å². The molecule has 0 radical (unpaired) electrons. The first-order valence-electron chi connectivity index (χ1n) is 9.68. The zero-order valence-electron chi connectivity index (χ0n) is 16.3. The molecule has 4 rings (SSSR count). The van der Waals surface area contributed by atoms with Gasteiger partial charge in [-0.15, -0.1) is 10.2 Å². The molecule has 154 valence electrons. The van der Waals surface area contributed by atoms with Crippen molar-refractivity contribution < 1.29 is 4.79 Å². The van der Waals surface area contributed by atoms with Gasteiger partial charge in [0.25, 0.3) is 5.56 Å². The van der Waals surface area contributed by atoms with E-state index in [2.05, 4.69) is 25.1 Å². The SMILES string of the molecule is O=C(CCn1ccc(=O)[nH]c1=O)N1CCN(c2ccc(-c3ccccn3)nn2)CC1. The largest absolute Gasteiger partial charge is 0.352 e. The molecule has 1 N–H and O–H groups in total. The quantitative estimate of drug-likeness (QED) is 0.639. The molecular weight excluding hydrogens is 386 g/mol. The van der Waals surface area contributed by atoms with Crippen LogP contribution < -0.4 is 16.1 Å². The number of aromatic amines is 1. The second-order valence-electron chi connectivity index (χ2n) is 6.91. The van der Waals surface area contributed by atoms with Crippen molar-refractivity contribution in [1.82, 2.24) is 29.6 Å². The first-order chi connectivity index (χ1) is 14.6. The highest BCUT2D eigenvalue weighted by atomic mass is 16.2. The number of carbonyl (C=O) groups is 1. The molecule has 1 fully saturated rings. The summed E-state index contributed by atoms with van der Waals surface area (Å²) in [5, 5.41) is 8.57. The first-order valence-corrected chi connectivity index (χ1v) is 9.68. The Morgan fingerprint density at radius 2 is 1.80 bits per heavy atom. The third kappa shape index (κ3) is 4.43. The van der Waals surface area contributed by atoms with Gasteiger partial charge in [-0.1, -0.05) is 6.07 Å². The molecule has 3 aromatic heterocycles. The molecule has 1 aliphatic rings. The number of hydrogen-bond acceptors (Lipinski definition) is 7. The molecular formula is C20H21N7O3. The van der Waals surface area contributed by atoms with E-state index >= 15 is 0 Å². The molecule has 0 atom stereocenters. The number of amides is 1. The molecule has 0 aromatic carbocycles. The van der Waals surface area contributed by atoms with Gasteiger partial charge in [-0.2, -0.15) is 0 Å². The molecule has 0 spiro atoms. The second kappa shape index (κ2) is 8.68. The van der Waals surface area contributed by atoms with Crippen LogP contribution in [0.3, 0.4) is 0 Å². The minimum Gasteiger partial charge on any atom is -0.352 e. The van der Waals surface area contributed by atoms with Crippen LogP contribution in [0, 0.1) is 0 Å². The van der Waals surface area contributed by atoms with Gasteiger partial charge in [0.1, 0.15) is 5.69 Å². The highest BCUT2D eigenvalue weighted by Crippen LogP contribution is 2.17. The lowest BCUT2D eigenvalue weighted by atomic mass is 10.2. The Kier molecular flexibility index (Phi) is 5.64. The maximum absolute atomic E-state index is 12.5. The van der Waals surface area contributed by atoms with E-state index in [-0.39, 0.29) is 18.9 Å². The van der Waals surface area contributed by atoms with Gasteiger partial charge in [-0.05, 0) is 24.3 Å². The lowest BCUT2D eigenvalue weighted by Gasteiger charge is -2.35. The van der Waals surface area contributed by atoms with Crippen LogP contribution in [0.2, 0.25) is 0 Å². The van der Waals surface area contributed by atoms with Crippen LogP contribution in [-0.2, 0) is 11.3 Å². The molecule has 1 amide bonds. The van der Waals surface area contributed by atoms with Gasteiger partial charge in [0.2, 0.25) is 5.91 Å². The van der Waals surface area contributed by atoms with Crippen molar-refractivity contribution in [3.63, 3.8) is 0 Å². The standard InChI is InChI=1S/C20H21N7O3/c28-18-6-9-27(20(30)22-18)10-7-19(29)26-13-11-25(12-14-26)17-5-4-16(23-24-17)15-3-1-2-8-21-15/h1-6,8-9H,7,10-14H2,(H,22,28,30). The third-order valence-electron chi connectivity index (χ3n) is 5.00. The second-order valence-corrected chi connectivity index (χ2v) is 6.91. The molecule has 0 aliphatic carbocycles. The lowest BCUT2D eigenvalue weighted by Crippen LogP contribution is -2.49. The fourth-order valence-corrected chi connectivity index (χ4v) is 3.32. The van der Waals surface area contributed by atoms with Crippen LogP contribution in [-0.4, -0.2) is 61.7 Å². The van der Waals surface area contributed by atoms with E-state index < -0.39 is 11.2 Å². The molecule has 30 heavy (non-hydrogen) atoms. The van der Waals surface area contributed by atoms with Crippen LogP contribution in [0.1, 0.15) is 6.42 Å². The normalized spacial score (nSPS) is 14.0. The smallest absolute Gasteiger partial charge is 0.328 e. The topological polar surface area (TPSA) is 117 Å². The number of rotatable bonds is 5. The molecule has 0 bridgehead atoms. The summed E-state index contributed by atoms with van der Waals surface area (Å²) >= 11 is 0. The molecule has 10 heteroatoms. The van der Waals surface area contributed by atoms with E-state index in [4.69, 9.17) is 0 Å². The predicted molar refractivity (Wildman–Crippen MR) is 110 cm³/mol. The zero-order valence-corrected chi connectivity index (χ0v) is 16.3. The Morgan fingerprint density at radius 3 is 2.47 bits per heavy atom. The van der Waals surface area contributed by atoms with E-state index in [1.165, 1.54) is 16.8 Å². The van der Waals surface area contributed by atoms with Crippen LogP contribution in [0.15, 0.2) is 58.4 Å². The van der Waals surface area contributed by atoms with E-state index in [0.29, 0.717) is 31.9 Å². The number of nitrogens with one attached hydrogen (secondary N) is 1. The number of H-pyrrole nitrogens is 1. The fraction of sp³-hybridized carbons (Fsp3) is 0.300. The van der Waals surface area contributed by atoms with Crippen LogP contribution in [0.25, 0.3) is 11.4 Å². The Balaban J connectivity index is 1.30. The van der Waals surface area contributed by atoms with Crippen molar-refractivity contribution in [3.8, 4) is 11.4 Å². The van der Waals surface area contributed by atoms with Gasteiger partial charge >= 0.3 is 5.69 Å². The highest BCUT2D eigenvalue weighted by Gasteiger charge is 2.22. The molecule has 0 saturated carbocycles. The maximum Gasteiger partial charge on any atom is 0.328 e. The van der Waals surface area contributed by atoms with Crippen molar-refractivity contribution in [3.05, 3.63) is 69.6 Å². The monoisotopic (exact) mass is 407 g/mol. The number of aryl methyl sites for hydroxylation is 1. The minimum absolute atomic E-state index is 0.0238. The Morgan fingerprint density at radius 1 is 0.967 bits per heavy atom. The average molecular weight is 407 g/mol. The van der Waals surface area contributed by atoms with Crippen molar-refractivity contribution in [2.24, 2.45) is 0 Å². The first kappa shape index (κ1) is 19.5. The molecule has 4 heterocycles. The molecule has 1 saturated heterocycles. The van der Waals surface area contributed by atoms with E-state index in [1.807, 2.05) is 30.3 Å².